The van der Waals surface area contributed by atoms with Crippen molar-refractivity contribution in [1.29, 1.82) is 0 Å². The van der Waals surface area contributed by atoms with Crippen LogP contribution in [-0.4, -0.2) is 29.6 Å². The highest BCUT2D eigenvalue weighted by Gasteiger charge is 2.35. The summed E-state index contributed by atoms with van der Waals surface area (Å²) in [5.41, 5.74) is 1.49. The van der Waals surface area contributed by atoms with Crippen molar-refractivity contribution in [2.75, 3.05) is 6.54 Å². The van der Waals surface area contributed by atoms with Gasteiger partial charge >= 0.3 is 0 Å². The molecule has 2 aliphatic carbocycles. The Kier molecular flexibility index (Phi) is 4.25. The van der Waals surface area contributed by atoms with Gasteiger partial charge in [-0.3, -0.25) is 4.90 Å². The monoisotopic (exact) mass is 278 g/mol. The van der Waals surface area contributed by atoms with E-state index in [0.717, 1.165) is 24.5 Å². The van der Waals surface area contributed by atoms with Gasteiger partial charge in [0.05, 0.1) is 0 Å². The minimum absolute atomic E-state index is 0.688. The second-order valence-corrected chi connectivity index (χ2v) is 7.31. The molecule has 1 heterocycles. The highest BCUT2D eigenvalue weighted by Crippen LogP contribution is 2.32. The zero-order chi connectivity index (χ0) is 13.2. The van der Waals surface area contributed by atoms with Gasteiger partial charge in [0.15, 0.2) is 0 Å². The third-order valence-electron chi connectivity index (χ3n) is 4.35. The molecule has 1 unspecified atom stereocenters. The molecule has 0 spiro atoms. The van der Waals surface area contributed by atoms with Crippen molar-refractivity contribution in [2.24, 2.45) is 5.92 Å². The minimum atomic E-state index is 0.688. The molecule has 2 saturated carbocycles. The molecule has 106 valence electrons. The number of nitrogens with one attached hydrogen (secondary N) is 1. The van der Waals surface area contributed by atoms with E-state index in [1.165, 1.54) is 37.8 Å². The maximum Gasteiger partial charge on any atom is 0.0250 e. The summed E-state index contributed by atoms with van der Waals surface area (Å²) in [6.45, 7) is 7.07. The smallest absolute Gasteiger partial charge is 0.0250 e. The van der Waals surface area contributed by atoms with E-state index >= 15 is 0 Å². The first kappa shape index (κ1) is 13.6. The minimum Gasteiger partial charge on any atom is -0.312 e. The molecular formula is C16H26N2S. The van der Waals surface area contributed by atoms with Crippen molar-refractivity contribution < 1.29 is 0 Å². The Morgan fingerprint density at radius 3 is 2.63 bits per heavy atom. The molecule has 2 fully saturated rings. The van der Waals surface area contributed by atoms with Gasteiger partial charge in [0.1, 0.15) is 0 Å². The summed E-state index contributed by atoms with van der Waals surface area (Å²) in [6, 6.07) is 4.64. The standard InChI is InChI=1S/C16H26N2S/c1-12(2)16(9-17-14-3-4-14)18(15-5-6-15)10-13-7-8-19-11-13/h7-8,11-12,14-17H,3-6,9-10H2,1-2H3. The molecule has 2 aliphatic rings. The van der Waals surface area contributed by atoms with Gasteiger partial charge in [-0.2, -0.15) is 11.3 Å². The van der Waals surface area contributed by atoms with Crippen LogP contribution in [0.15, 0.2) is 16.8 Å². The molecule has 0 bridgehead atoms. The predicted octanol–water partition coefficient (Wildman–Crippen LogP) is 3.49. The van der Waals surface area contributed by atoms with Gasteiger partial charge in [-0.15, -0.1) is 0 Å². The van der Waals surface area contributed by atoms with Crippen molar-refractivity contribution in [1.82, 2.24) is 10.2 Å². The van der Waals surface area contributed by atoms with Crippen molar-refractivity contribution >= 4 is 11.3 Å². The summed E-state index contributed by atoms with van der Waals surface area (Å²) in [5.74, 6) is 0.727. The van der Waals surface area contributed by atoms with Crippen LogP contribution in [-0.2, 0) is 6.54 Å². The predicted molar refractivity (Wildman–Crippen MR) is 82.5 cm³/mol. The Morgan fingerprint density at radius 1 is 1.32 bits per heavy atom. The molecule has 2 nitrogen and oxygen atoms in total. The second-order valence-electron chi connectivity index (χ2n) is 6.53. The number of rotatable bonds is 8. The molecule has 1 atom stereocenters. The van der Waals surface area contributed by atoms with Gasteiger partial charge in [0.2, 0.25) is 0 Å². The number of nitrogens with zero attached hydrogens (tertiary/aromatic N) is 1. The average Bonchev–Trinajstić information content (AvgIpc) is 3.29. The third-order valence-corrected chi connectivity index (χ3v) is 5.08. The average molecular weight is 278 g/mol. The van der Waals surface area contributed by atoms with E-state index < -0.39 is 0 Å². The summed E-state index contributed by atoms with van der Waals surface area (Å²) in [5, 5.41) is 8.25. The van der Waals surface area contributed by atoms with Gasteiger partial charge in [0.25, 0.3) is 0 Å². The van der Waals surface area contributed by atoms with E-state index in [0.29, 0.717) is 6.04 Å². The zero-order valence-electron chi connectivity index (χ0n) is 12.1. The summed E-state index contributed by atoms with van der Waals surface area (Å²) < 4.78 is 0. The maximum atomic E-state index is 3.74. The maximum absolute atomic E-state index is 3.74. The molecular weight excluding hydrogens is 252 g/mol. The second kappa shape index (κ2) is 5.94. The normalized spacial score (nSPS) is 21.3. The van der Waals surface area contributed by atoms with Crippen LogP contribution < -0.4 is 5.32 Å². The summed E-state index contributed by atoms with van der Waals surface area (Å²) >= 11 is 1.82. The molecule has 0 amide bonds. The van der Waals surface area contributed by atoms with Crippen molar-refractivity contribution in [3.8, 4) is 0 Å². The van der Waals surface area contributed by atoms with Crippen LogP contribution >= 0.6 is 11.3 Å². The highest BCUT2D eigenvalue weighted by molar-refractivity contribution is 7.07. The fourth-order valence-corrected chi connectivity index (χ4v) is 3.49. The first-order valence-corrected chi connectivity index (χ1v) is 8.68. The van der Waals surface area contributed by atoms with Crippen molar-refractivity contribution in [3.63, 3.8) is 0 Å². The lowest BCUT2D eigenvalue weighted by atomic mass is 10.0. The van der Waals surface area contributed by atoms with E-state index in [-0.39, 0.29) is 0 Å². The quantitative estimate of drug-likeness (QED) is 0.783. The van der Waals surface area contributed by atoms with Gasteiger partial charge in [-0.05, 0) is 54.0 Å². The van der Waals surface area contributed by atoms with E-state index in [1.54, 1.807) is 0 Å². The summed E-state index contributed by atoms with van der Waals surface area (Å²) in [7, 11) is 0. The molecule has 0 radical (unpaired) electrons. The van der Waals surface area contributed by atoms with E-state index in [2.05, 4.69) is 40.9 Å². The highest BCUT2D eigenvalue weighted by atomic mass is 32.1. The first-order chi connectivity index (χ1) is 9.24. The topological polar surface area (TPSA) is 15.3 Å². The third kappa shape index (κ3) is 3.80. The molecule has 0 aliphatic heterocycles. The number of hydrogen-bond donors (Lipinski definition) is 1. The number of hydrogen-bond acceptors (Lipinski definition) is 3. The zero-order valence-corrected chi connectivity index (χ0v) is 13.0. The van der Waals surface area contributed by atoms with Crippen molar-refractivity contribution in [2.45, 2.75) is 64.2 Å². The largest absolute Gasteiger partial charge is 0.312 e. The van der Waals surface area contributed by atoms with Crippen LogP contribution in [0.3, 0.4) is 0 Å². The van der Waals surface area contributed by atoms with Crippen LogP contribution in [0.4, 0.5) is 0 Å². The van der Waals surface area contributed by atoms with E-state index in [1.807, 2.05) is 11.3 Å². The van der Waals surface area contributed by atoms with Crippen LogP contribution in [0.5, 0.6) is 0 Å². The van der Waals surface area contributed by atoms with E-state index in [9.17, 15) is 0 Å². The molecule has 0 saturated heterocycles. The van der Waals surface area contributed by atoms with Gasteiger partial charge in [-0.1, -0.05) is 13.8 Å². The van der Waals surface area contributed by atoms with Crippen LogP contribution in [0.1, 0.15) is 45.1 Å². The van der Waals surface area contributed by atoms with Gasteiger partial charge < -0.3 is 5.32 Å². The van der Waals surface area contributed by atoms with Crippen LogP contribution in [0, 0.1) is 5.92 Å². The Labute approximate surface area is 121 Å². The molecule has 1 aromatic rings. The lowest BCUT2D eigenvalue weighted by molar-refractivity contribution is 0.134. The summed E-state index contributed by atoms with van der Waals surface area (Å²) in [4.78, 5) is 2.77. The Hall–Kier alpha value is -0.380. The Balaban J connectivity index is 1.64. The Morgan fingerprint density at radius 2 is 2.11 bits per heavy atom. The molecule has 3 rings (SSSR count). The Bertz CT molecular complexity index is 379. The number of thiophene rings is 1. The lowest BCUT2D eigenvalue weighted by Crippen LogP contribution is -2.46. The summed E-state index contributed by atoms with van der Waals surface area (Å²) in [6.07, 6.45) is 5.57. The fourth-order valence-electron chi connectivity index (χ4n) is 2.83. The first-order valence-electron chi connectivity index (χ1n) is 7.74. The molecule has 3 heteroatoms. The molecule has 1 N–H and O–H groups in total. The SMILES string of the molecule is CC(C)C(CNC1CC1)N(Cc1ccsc1)C1CC1. The van der Waals surface area contributed by atoms with Gasteiger partial charge in [0, 0.05) is 31.2 Å². The van der Waals surface area contributed by atoms with Crippen LogP contribution in [0.25, 0.3) is 0 Å². The van der Waals surface area contributed by atoms with Crippen molar-refractivity contribution in [3.05, 3.63) is 22.4 Å². The molecule has 19 heavy (non-hydrogen) atoms. The molecule has 0 aromatic carbocycles. The lowest BCUT2D eigenvalue weighted by Gasteiger charge is -2.35. The molecule has 1 aromatic heterocycles. The van der Waals surface area contributed by atoms with Gasteiger partial charge in [-0.25, -0.2) is 0 Å². The van der Waals surface area contributed by atoms with E-state index in [4.69, 9.17) is 0 Å². The fraction of sp³-hybridized carbons (Fsp3) is 0.750. The van der Waals surface area contributed by atoms with Crippen LogP contribution in [0.2, 0.25) is 0 Å².